The van der Waals surface area contributed by atoms with Crippen molar-refractivity contribution in [2.45, 2.75) is 11.3 Å². The Kier molecular flexibility index (Phi) is 4.39. The van der Waals surface area contributed by atoms with Gasteiger partial charge in [0.15, 0.2) is 17.3 Å². The third-order valence-corrected chi connectivity index (χ3v) is 5.16. The van der Waals surface area contributed by atoms with E-state index >= 15 is 0 Å². The minimum absolute atomic E-state index is 0.0748. The zero-order valence-corrected chi connectivity index (χ0v) is 15.0. The Morgan fingerprint density at radius 1 is 1.08 bits per heavy atom. The van der Waals surface area contributed by atoms with Crippen LogP contribution in [-0.4, -0.2) is 25.1 Å². The molecule has 3 aromatic rings. The highest BCUT2D eigenvalue weighted by molar-refractivity contribution is 7.98. The molecule has 0 spiro atoms. The minimum atomic E-state index is -0.0748. The van der Waals surface area contributed by atoms with Gasteiger partial charge in [-0.1, -0.05) is 6.07 Å². The molecule has 0 unspecified atom stereocenters. The Morgan fingerprint density at radius 2 is 1.81 bits per heavy atom. The SMILES string of the molecule is CSc1ccc(C(=O)c2cc(CC=O)cc3cc4c(cc23)OCO4)cc1. The summed E-state index contributed by atoms with van der Waals surface area (Å²) < 4.78 is 10.9. The number of hydrogen-bond donors (Lipinski definition) is 0. The monoisotopic (exact) mass is 364 g/mol. The summed E-state index contributed by atoms with van der Waals surface area (Å²) in [6.45, 7) is 0.173. The van der Waals surface area contributed by atoms with Crippen molar-refractivity contribution in [2.24, 2.45) is 0 Å². The Hall–Kier alpha value is -2.79. The van der Waals surface area contributed by atoms with Crippen molar-refractivity contribution >= 4 is 34.6 Å². The number of hydrogen-bond acceptors (Lipinski definition) is 5. The van der Waals surface area contributed by atoms with E-state index in [-0.39, 0.29) is 19.0 Å². The number of ketones is 1. The molecule has 0 saturated carbocycles. The zero-order valence-electron chi connectivity index (χ0n) is 14.2. The Morgan fingerprint density at radius 3 is 2.50 bits per heavy atom. The van der Waals surface area contributed by atoms with Gasteiger partial charge in [0, 0.05) is 22.4 Å². The van der Waals surface area contributed by atoms with Crippen LogP contribution in [0.25, 0.3) is 10.8 Å². The fourth-order valence-electron chi connectivity index (χ4n) is 3.11. The highest BCUT2D eigenvalue weighted by Gasteiger charge is 2.19. The lowest BCUT2D eigenvalue weighted by Gasteiger charge is -2.10. The summed E-state index contributed by atoms with van der Waals surface area (Å²) in [5, 5.41) is 1.65. The molecule has 0 atom stereocenters. The smallest absolute Gasteiger partial charge is 0.231 e. The second-order valence-corrected chi connectivity index (χ2v) is 6.88. The molecule has 0 amide bonds. The molecular formula is C21H16O4S. The molecule has 4 rings (SSSR count). The summed E-state index contributed by atoms with van der Waals surface area (Å²) in [5.41, 5.74) is 1.98. The van der Waals surface area contributed by atoms with Gasteiger partial charge < -0.3 is 14.3 Å². The summed E-state index contributed by atoms with van der Waals surface area (Å²) in [5.74, 6) is 1.21. The standard InChI is InChI=1S/C21H16O4S/c1-26-16-4-2-14(3-5-16)21(23)18-9-13(6-7-22)8-15-10-19-20(11-17(15)18)25-12-24-19/h2-5,7-11H,6,12H2,1H3. The fourth-order valence-corrected chi connectivity index (χ4v) is 3.52. The first-order valence-corrected chi connectivity index (χ1v) is 9.41. The largest absolute Gasteiger partial charge is 0.454 e. The number of ether oxygens (including phenoxy) is 2. The van der Waals surface area contributed by atoms with Gasteiger partial charge in [-0.15, -0.1) is 11.8 Å². The van der Waals surface area contributed by atoms with E-state index in [1.54, 1.807) is 17.8 Å². The molecule has 3 aromatic carbocycles. The van der Waals surface area contributed by atoms with Crippen LogP contribution < -0.4 is 9.47 Å². The maximum atomic E-state index is 13.1. The van der Waals surface area contributed by atoms with Crippen molar-refractivity contribution in [2.75, 3.05) is 13.0 Å². The normalized spacial score (nSPS) is 12.3. The van der Waals surface area contributed by atoms with E-state index in [0.29, 0.717) is 22.6 Å². The summed E-state index contributed by atoms with van der Waals surface area (Å²) in [6.07, 6.45) is 3.10. The number of carbonyl (C=O) groups is 2. The van der Waals surface area contributed by atoms with Crippen LogP contribution in [0.3, 0.4) is 0 Å². The predicted molar refractivity (Wildman–Crippen MR) is 101 cm³/mol. The molecular weight excluding hydrogens is 348 g/mol. The summed E-state index contributed by atoms with van der Waals surface area (Å²) in [7, 11) is 0. The molecule has 4 nitrogen and oxygen atoms in total. The van der Waals surface area contributed by atoms with Crippen molar-refractivity contribution < 1.29 is 19.1 Å². The molecule has 1 aliphatic rings. The first-order valence-electron chi connectivity index (χ1n) is 8.18. The van der Waals surface area contributed by atoms with E-state index in [0.717, 1.165) is 27.5 Å². The van der Waals surface area contributed by atoms with Gasteiger partial charge in [-0.25, -0.2) is 0 Å². The second kappa shape index (κ2) is 6.84. The van der Waals surface area contributed by atoms with Crippen molar-refractivity contribution in [3.8, 4) is 11.5 Å². The van der Waals surface area contributed by atoms with Crippen LogP contribution in [0.4, 0.5) is 0 Å². The van der Waals surface area contributed by atoms with Crippen LogP contribution in [0, 0.1) is 0 Å². The van der Waals surface area contributed by atoms with Crippen LogP contribution in [0.15, 0.2) is 53.4 Å². The van der Waals surface area contributed by atoms with E-state index in [9.17, 15) is 9.59 Å². The number of thioether (sulfide) groups is 1. The van der Waals surface area contributed by atoms with E-state index in [1.807, 2.05) is 48.7 Å². The van der Waals surface area contributed by atoms with Crippen molar-refractivity contribution in [3.63, 3.8) is 0 Å². The Bertz CT molecular complexity index is 1010. The summed E-state index contributed by atoms with van der Waals surface area (Å²) >= 11 is 1.63. The molecule has 0 fully saturated rings. The maximum absolute atomic E-state index is 13.1. The third kappa shape index (κ3) is 2.95. The van der Waals surface area contributed by atoms with Crippen LogP contribution in [0.5, 0.6) is 11.5 Å². The number of carbonyl (C=O) groups excluding carboxylic acids is 2. The molecule has 0 bridgehead atoms. The molecule has 0 N–H and O–H groups in total. The lowest BCUT2D eigenvalue weighted by atomic mass is 9.94. The zero-order chi connectivity index (χ0) is 18.1. The number of aldehydes is 1. The average molecular weight is 364 g/mol. The molecule has 5 heteroatoms. The van der Waals surface area contributed by atoms with Gasteiger partial charge in [-0.2, -0.15) is 0 Å². The van der Waals surface area contributed by atoms with Gasteiger partial charge in [-0.3, -0.25) is 4.79 Å². The topological polar surface area (TPSA) is 52.6 Å². The van der Waals surface area contributed by atoms with Gasteiger partial charge in [0.25, 0.3) is 0 Å². The fraction of sp³-hybridized carbons (Fsp3) is 0.143. The Balaban J connectivity index is 1.88. The van der Waals surface area contributed by atoms with Crippen LogP contribution in [0.1, 0.15) is 21.5 Å². The first-order chi connectivity index (χ1) is 12.7. The van der Waals surface area contributed by atoms with E-state index in [4.69, 9.17) is 9.47 Å². The minimum Gasteiger partial charge on any atom is -0.454 e. The molecule has 0 aromatic heterocycles. The van der Waals surface area contributed by atoms with E-state index < -0.39 is 0 Å². The van der Waals surface area contributed by atoms with Gasteiger partial charge in [0.1, 0.15) is 6.29 Å². The van der Waals surface area contributed by atoms with Crippen LogP contribution in [-0.2, 0) is 11.2 Å². The maximum Gasteiger partial charge on any atom is 0.231 e. The quantitative estimate of drug-likeness (QED) is 0.385. The van der Waals surface area contributed by atoms with Gasteiger partial charge in [-0.05, 0) is 65.1 Å². The van der Waals surface area contributed by atoms with Crippen molar-refractivity contribution in [1.82, 2.24) is 0 Å². The van der Waals surface area contributed by atoms with E-state index in [2.05, 4.69) is 0 Å². The molecule has 0 radical (unpaired) electrons. The second-order valence-electron chi connectivity index (χ2n) is 6.00. The highest BCUT2D eigenvalue weighted by Crippen LogP contribution is 2.38. The lowest BCUT2D eigenvalue weighted by molar-refractivity contribution is -0.107. The molecule has 26 heavy (non-hydrogen) atoms. The third-order valence-electron chi connectivity index (χ3n) is 4.42. The first kappa shape index (κ1) is 16.7. The summed E-state index contributed by atoms with van der Waals surface area (Å²) in [4.78, 5) is 25.2. The van der Waals surface area contributed by atoms with Gasteiger partial charge in [0.2, 0.25) is 6.79 Å². The number of benzene rings is 3. The van der Waals surface area contributed by atoms with Crippen molar-refractivity contribution in [3.05, 3.63) is 65.2 Å². The Labute approximate surface area is 155 Å². The molecule has 1 heterocycles. The van der Waals surface area contributed by atoms with Crippen LogP contribution in [0.2, 0.25) is 0 Å². The van der Waals surface area contributed by atoms with E-state index in [1.165, 1.54) is 0 Å². The van der Waals surface area contributed by atoms with Gasteiger partial charge >= 0.3 is 0 Å². The van der Waals surface area contributed by atoms with Gasteiger partial charge in [0.05, 0.1) is 0 Å². The highest BCUT2D eigenvalue weighted by atomic mass is 32.2. The average Bonchev–Trinajstić information content (AvgIpc) is 3.13. The molecule has 130 valence electrons. The molecule has 1 aliphatic heterocycles. The lowest BCUT2D eigenvalue weighted by Crippen LogP contribution is -2.04. The number of fused-ring (bicyclic) bond motifs is 2. The number of rotatable bonds is 5. The van der Waals surface area contributed by atoms with Crippen molar-refractivity contribution in [1.29, 1.82) is 0 Å². The molecule has 0 saturated heterocycles. The van der Waals surface area contributed by atoms with Crippen LogP contribution >= 0.6 is 11.8 Å². The molecule has 0 aliphatic carbocycles. The predicted octanol–water partition coefficient (Wildman–Crippen LogP) is 4.26. The summed E-state index contributed by atoms with van der Waals surface area (Å²) in [6, 6.07) is 14.9.